The Kier molecular flexibility index (Phi) is 9.07. The molecule has 160 valence electrons. The monoisotopic (exact) mass is 408 g/mol. The van der Waals surface area contributed by atoms with E-state index in [-0.39, 0.29) is 24.6 Å². The molecule has 7 N–H and O–H groups in total. The van der Waals surface area contributed by atoms with Gasteiger partial charge in [0.15, 0.2) is 0 Å². The molecule has 1 aromatic carbocycles. The number of nitrogens with one attached hydrogen (secondary N) is 3. The van der Waals surface area contributed by atoms with Crippen LogP contribution in [-0.4, -0.2) is 58.6 Å². The average Bonchev–Trinajstić information content (AvgIpc) is 2.66. The Labute approximate surface area is 168 Å². The van der Waals surface area contributed by atoms with Gasteiger partial charge in [0.2, 0.25) is 17.7 Å². The number of hydrogen-bond acceptors (Lipinski definition) is 6. The molecular weight excluding hydrogens is 380 g/mol. The van der Waals surface area contributed by atoms with Gasteiger partial charge in [-0.1, -0.05) is 26.0 Å². The Morgan fingerprint density at radius 2 is 1.55 bits per heavy atom. The molecule has 0 radical (unpaired) electrons. The predicted octanol–water partition coefficient (Wildman–Crippen LogP) is -0.892. The van der Waals surface area contributed by atoms with E-state index in [1.807, 2.05) is 0 Å². The summed E-state index contributed by atoms with van der Waals surface area (Å²) in [5, 5.41) is 26.0. The van der Waals surface area contributed by atoms with Crippen LogP contribution in [0.1, 0.15) is 26.3 Å². The molecule has 0 aromatic heterocycles. The third-order valence-corrected chi connectivity index (χ3v) is 4.19. The molecule has 0 saturated carbocycles. The van der Waals surface area contributed by atoms with Crippen LogP contribution >= 0.6 is 0 Å². The molecule has 0 aliphatic rings. The van der Waals surface area contributed by atoms with E-state index in [9.17, 15) is 29.4 Å². The summed E-state index contributed by atoms with van der Waals surface area (Å²) in [6.45, 7) is 4.59. The summed E-state index contributed by atoms with van der Waals surface area (Å²) in [6, 6.07) is 2.81. The van der Waals surface area contributed by atoms with Crippen LogP contribution < -0.4 is 21.7 Å². The van der Waals surface area contributed by atoms with Crippen molar-refractivity contribution in [3.8, 4) is 5.75 Å². The van der Waals surface area contributed by atoms with E-state index in [1.54, 1.807) is 26.0 Å². The lowest BCUT2D eigenvalue weighted by Crippen LogP contribution is -2.56. The Morgan fingerprint density at radius 1 is 0.966 bits per heavy atom. The number of carbonyl (C=O) groups is 4. The maximum Gasteiger partial charge on any atom is 0.326 e. The van der Waals surface area contributed by atoms with E-state index in [1.165, 1.54) is 19.1 Å². The highest BCUT2D eigenvalue weighted by Gasteiger charge is 2.28. The standard InChI is InChI=1S/C19H28N4O6/c1-10(2)16(23-15(25)9-20)18(27)21-11(3)17(26)22-14(19(28)29)8-12-4-6-13(24)7-5-12/h4-7,10-11,14,16,24H,8-9,20H2,1-3H3,(H,21,27)(H,22,26)(H,23,25)(H,28,29). The summed E-state index contributed by atoms with van der Waals surface area (Å²) in [7, 11) is 0. The van der Waals surface area contributed by atoms with Gasteiger partial charge < -0.3 is 31.9 Å². The number of amides is 3. The summed E-state index contributed by atoms with van der Waals surface area (Å²) in [5.74, 6) is -3.20. The van der Waals surface area contributed by atoms with Crippen LogP contribution in [0.3, 0.4) is 0 Å². The van der Waals surface area contributed by atoms with Crippen LogP contribution in [0.2, 0.25) is 0 Å². The van der Waals surface area contributed by atoms with Crippen molar-refractivity contribution in [1.29, 1.82) is 0 Å². The quantitative estimate of drug-likeness (QED) is 0.291. The first-order valence-electron chi connectivity index (χ1n) is 9.16. The zero-order valence-corrected chi connectivity index (χ0v) is 16.6. The third kappa shape index (κ3) is 7.78. The molecule has 0 heterocycles. The van der Waals surface area contributed by atoms with Crippen molar-refractivity contribution in [1.82, 2.24) is 16.0 Å². The second kappa shape index (κ2) is 11.0. The molecule has 3 atom stereocenters. The van der Waals surface area contributed by atoms with Crippen molar-refractivity contribution < 1.29 is 29.4 Å². The van der Waals surface area contributed by atoms with Crippen LogP contribution in [0.5, 0.6) is 5.75 Å². The molecule has 0 bridgehead atoms. The number of hydrogen-bond donors (Lipinski definition) is 6. The second-order valence-electron chi connectivity index (χ2n) is 6.99. The number of phenolic OH excluding ortho intramolecular Hbond substituents is 1. The van der Waals surface area contributed by atoms with Crippen molar-refractivity contribution >= 4 is 23.7 Å². The zero-order chi connectivity index (χ0) is 22.1. The molecule has 29 heavy (non-hydrogen) atoms. The van der Waals surface area contributed by atoms with E-state index >= 15 is 0 Å². The van der Waals surface area contributed by atoms with E-state index in [0.29, 0.717) is 5.56 Å². The molecule has 0 spiro atoms. The van der Waals surface area contributed by atoms with Gasteiger partial charge in [0.05, 0.1) is 6.54 Å². The van der Waals surface area contributed by atoms with Crippen LogP contribution in [0.25, 0.3) is 0 Å². The van der Waals surface area contributed by atoms with E-state index in [4.69, 9.17) is 5.73 Å². The number of benzene rings is 1. The fourth-order valence-electron chi connectivity index (χ4n) is 2.50. The molecule has 10 heteroatoms. The molecule has 3 amide bonds. The summed E-state index contributed by atoms with van der Waals surface area (Å²) in [6.07, 6.45) is 0.00317. The molecule has 0 fully saturated rings. The highest BCUT2D eigenvalue weighted by atomic mass is 16.4. The molecule has 1 rings (SSSR count). The predicted molar refractivity (Wildman–Crippen MR) is 105 cm³/mol. The topological polar surface area (TPSA) is 171 Å². The number of rotatable bonds is 10. The van der Waals surface area contributed by atoms with Gasteiger partial charge in [-0.05, 0) is 30.5 Å². The SMILES string of the molecule is CC(NC(=O)C(NC(=O)CN)C(C)C)C(=O)NC(Cc1ccc(O)cc1)C(=O)O. The van der Waals surface area contributed by atoms with Crippen molar-refractivity contribution in [3.63, 3.8) is 0 Å². The maximum atomic E-state index is 12.4. The largest absolute Gasteiger partial charge is 0.508 e. The summed E-state index contributed by atoms with van der Waals surface area (Å²) >= 11 is 0. The minimum absolute atomic E-state index is 0.00317. The first-order valence-corrected chi connectivity index (χ1v) is 9.16. The third-order valence-electron chi connectivity index (χ3n) is 4.19. The summed E-state index contributed by atoms with van der Waals surface area (Å²) in [5.41, 5.74) is 5.86. The number of nitrogens with two attached hydrogens (primary N) is 1. The number of phenols is 1. The number of aliphatic carboxylic acids is 1. The van der Waals surface area contributed by atoms with Crippen LogP contribution in [0, 0.1) is 5.92 Å². The van der Waals surface area contributed by atoms with Crippen molar-refractivity contribution in [3.05, 3.63) is 29.8 Å². The van der Waals surface area contributed by atoms with E-state index in [0.717, 1.165) is 0 Å². The van der Waals surface area contributed by atoms with Crippen LogP contribution in [0.15, 0.2) is 24.3 Å². The molecule has 1 aromatic rings. The van der Waals surface area contributed by atoms with Gasteiger partial charge >= 0.3 is 5.97 Å². The molecule has 0 aliphatic heterocycles. The van der Waals surface area contributed by atoms with Gasteiger partial charge in [-0.15, -0.1) is 0 Å². The molecule has 3 unspecified atom stereocenters. The maximum absolute atomic E-state index is 12.4. The number of carbonyl (C=O) groups excluding carboxylic acids is 3. The lowest BCUT2D eigenvalue weighted by atomic mass is 10.0. The minimum Gasteiger partial charge on any atom is -0.508 e. The number of carboxylic acid groups (broad SMARTS) is 1. The van der Waals surface area contributed by atoms with Crippen molar-refractivity contribution in [2.45, 2.75) is 45.3 Å². The second-order valence-corrected chi connectivity index (χ2v) is 6.99. The lowest BCUT2D eigenvalue weighted by Gasteiger charge is -2.24. The number of aromatic hydroxyl groups is 1. The minimum atomic E-state index is -1.24. The molecule has 10 nitrogen and oxygen atoms in total. The molecule has 0 saturated heterocycles. The Balaban J connectivity index is 2.74. The average molecular weight is 408 g/mol. The highest BCUT2D eigenvalue weighted by Crippen LogP contribution is 2.11. The molecular formula is C19H28N4O6. The fraction of sp³-hybridized carbons (Fsp3) is 0.474. The zero-order valence-electron chi connectivity index (χ0n) is 16.6. The van der Waals surface area contributed by atoms with Crippen molar-refractivity contribution in [2.24, 2.45) is 11.7 Å². The number of carboxylic acids is 1. The fourth-order valence-corrected chi connectivity index (χ4v) is 2.50. The normalized spacial score (nSPS) is 13.8. The highest BCUT2D eigenvalue weighted by molar-refractivity contribution is 5.93. The summed E-state index contributed by atoms with van der Waals surface area (Å²) < 4.78 is 0. The summed E-state index contributed by atoms with van der Waals surface area (Å²) in [4.78, 5) is 47.8. The smallest absolute Gasteiger partial charge is 0.326 e. The first kappa shape index (κ1) is 23.9. The van der Waals surface area contributed by atoms with Crippen molar-refractivity contribution in [2.75, 3.05) is 6.54 Å². The van der Waals surface area contributed by atoms with Gasteiger partial charge in [-0.25, -0.2) is 4.79 Å². The van der Waals surface area contributed by atoms with Gasteiger partial charge in [-0.3, -0.25) is 14.4 Å². The Hall–Kier alpha value is -3.14. The van der Waals surface area contributed by atoms with E-state index < -0.39 is 41.8 Å². The Morgan fingerprint density at radius 3 is 2.03 bits per heavy atom. The van der Waals surface area contributed by atoms with Gasteiger partial charge in [0.1, 0.15) is 23.9 Å². The van der Waals surface area contributed by atoms with Gasteiger partial charge in [0.25, 0.3) is 0 Å². The Bertz CT molecular complexity index is 735. The van der Waals surface area contributed by atoms with E-state index in [2.05, 4.69) is 16.0 Å². The van der Waals surface area contributed by atoms with Gasteiger partial charge in [0, 0.05) is 6.42 Å². The van der Waals surface area contributed by atoms with Crippen LogP contribution in [-0.2, 0) is 25.6 Å². The van der Waals surface area contributed by atoms with Crippen LogP contribution in [0.4, 0.5) is 0 Å². The molecule has 0 aliphatic carbocycles. The lowest BCUT2D eigenvalue weighted by molar-refractivity contribution is -0.142. The first-order chi connectivity index (χ1) is 13.5. The van der Waals surface area contributed by atoms with Gasteiger partial charge in [-0.2, -0.15) is 0 Å².